The third-order valence-electron chi connectivity index (χ3n) is 5.12. The third kappa shape index (κ3) is 8.13. The molecule has 0 saturated heterocycles. The van der Waals surface area contributed by atoms with Gasteiger partial charge in [0.05, 0.1) is 18.7 Å². The van der Waals surface area contributed by atoms with Crippen molar-refractivity contribution in [3.63, 3.8) is 0 Å². The minimum atomic E-state index is -4.42. The number of benzene rings is 2. The van der Waals surface area contributed by atoms with Crippen molar-refractivity contribution in [3.05, 3.63) is 83.1 Å². The molecule has 0 radical (unpaired) electrons. The summed E-state index contributed by atoms with van der Waals surface area (Å²) in [4.78, 5) is 18.5. The lowest BCUT2D eigenvalue weighted by Gasteiger charge is -2.22. The number of carbonyl (C=O) groups is 1. The number of nitrogens with zero attached hydrogens (tertiary/aromatic N) is 2. The first-order chi connectivity index (χ1) is 16.6. The Bertz CT molecular complexity index is 1090. The summed E-state index contributed by atoms with van der Waals surface area (Å²) >= 11 is 0. The van der Waals surface area contributed by atoms with E-state index >= 15 is 0 Å². The number of rotatable bonds is 11. The van der Waals surface area contributed by atoms with Gasteiger partial charge in [0, 0.05) is 19.6 Å². The number of aromatic nitrogens is 1. The summed E-state index contributed by atoms with van der Waals surface area (Å²) in [6.45, 7) is 7.81. The van der Waals surface area contributed by atoms with Crippen LogP contribution < -0.4 is 10.1 Å². The molecule has 1 aromatic heterocycles. The lowest BCUT2D eigenvalue weighted by atomic mass is 10.1. The predicted molar refractivity (Wildman–Crippen MR) is 126 cm³/mol. The van der Waals surface area contributed by atoms with E-state index in [0.29, 0.717) is 37.1 Å². The van der Waals surface area contributed by atoms with Crippen molar-refractivity contribution in [2.24, 2.45) is 5.92 Å². The Morgan fingerprint density at radius 2 is 1.80 bits per heavy atom. The van der Waals surface area contributed by atoms with Gasteiger partial charge in [-0.25, -0.2) is 4.98 Å². The zero-order valence-corrected chi connectivity index (χ0v) is 20.1. The van der Waals surface area contributed by atoms with Gasteiger partial charge in [-0.2, -0.15) is 13.2 Å². The number of halogens is 3. The Morgan fingerprint density at radius 3 is 2.46 bits per heavy atom. The molecule has 35 heavy (non-hydrogen) atoms. The quantitative estimate of drug-likeness (QED) is 0.375. The highest BCUT2D eigenvalue weighted by atomic mass is 19.4. The van der Waals surface area contributed by atoms with Crippen molar-refractivity contribution in [1.82, 2.24) is 15.2 Å². The summed E-state index contributed by atoms with van der Waals surface area (Å²) in [5.74, 6) is 1.01. The van der Waals surface area contributed by atoms with Crippen LogP contribution in [-0.4, -0.2) is 28.9 Å². The molecule has 1 amide bonds. The topological polar surface area (TPSA) is 67.6 Å². The number of ether oxygens (including phenoxy) is 1. The highest BCUT2D eigenvalue weighted by molar-refractivity contribution is 5.91. The zero-order chi connectivity index (χ0) is 25.4. The molecule has 0 aliphatic carbocycles. The highest BCUT2D eigenvalue weighted by Crippen LogP contribution is 2.30. The predicted octanol–water partition coefficient (Wildman–Crippen LogP) is 5.68. The van der Waals surface area contributed by atoms with E-state index in [1.165, 1.54) is 12.3 Å². The summed E-state index contributed by atoms with van der Waals surface area (Å²) in [6, 6.07) is 12.8. The average Bonchev–Trinajstić information content (AvgIpc) is 3.27. The Balaban J connectivity index is 1.78. The second-order valence-electron chi connectivity index (χ2n) is 8.65. The second kappa shape index (κ2) is 11.9. The molecular weight excluding hydrogens is 459 g/mol. The van der Waals surface area contributed by atoms with Crippen molar-refractivity contribution in [2.75, 3.05) is 13.2 Å². The van der Waals surface area contributed by atoms with Crippen LogP contribution in [0.4, 0.5) is 13.2 Å². The van der Waals surface area contributed by atoms with Gasteiger partial charge in [0.25, 0.3) is 5.91 Å². The Morgan fingerprint density at radius 1 is 1.09 bits per heavy atom. The maximum absolute atomic E-state index is 13.2. The van der Waals surface area contributed by atoms with Crippen LogP contribution in [0, 0.1) is 5.92 Å². The largest absolute Gasteiger partial charge is 0.494 e. The molecule has 3 aromatic rings. The number of hydrogen-bond acceptors (Lipinski definition) is 5. The number of hydrogen-bond donors (Lipinski definition) is 1. The maximum atomic E-state index is 13.2. The first kappa shape index (κ1) is 26.3. The first-order valence-electron chi connectivity index (χ1n) is 11.5. The van der Waals surface area contributed by atoms with Crippen LogP contribution in [0.3, 0.4) is 0 Å². The number of carbonyl (C=O) groups excluding carboxylic acids is 1. The van der Waals surface area contributed by atoms with E-state index in [9.17, 15) is 18.0 Å². The molecule has 0 unspecified atom stereocenters. The van der Waals surface area contributed by atoms with E-state index in [-0.39, 0.29) is 24.7 Å². The minimum Gasteiger partial charge on any atom is -0.494 e. The third-order valence-corrected chi connectivity index (χ3v) is 5.12. The zero-order valence-electron chi connectivity index (χ0n) is 20.1. The summed E-state index contributed by atoms with van der Waals surface area (Å²) in [7, 11) is 0. The van der Waals surface area contributed by atoms with Crippen LogP contribution in [-0.2, 0) is 25.8 Å². The Hall–Kier alpha value is -3.33. The van der Waals surface area contributed by atoms with E-state index in [1.807, 2.05) is 49.9 Å². The number of oxazole rings is 1. The van der Waals surface area contributed by atoms with Crippen molar-refractivity contribution in [2.45, 2.75) is 46.6 Å². The van der Waals surface area contributed by atoms with Crippen molar-refractivity contribution >= 4 is 5.91 Å². The standard InChI is InChI=1S/C26H30F3N3O3/c1-4-34-22-10-8-19(9-11-22)14-32(15-20-6-5-7-21(12-20)26(27,28)29)16-24-31-23(17-35-24)25(33)30-13-18(2)3/h5-12,17-18H,4,13-16H2,1-3H3,(H,30,33). The van der Waals surface area contributed by atoms with Gasteiger partial charge in [-0.05, 0) is 42.2 Å². The van der Waals surface area contributed by atoms with Crippen molar-refractivity contribution < 1.29 is 27.1 Å². The van der Waals surface area contributed by atoms with Crippen LogP contribution in [0.1, 0.15) is 53.8 Å². The molecule has 6 nitrogen and oxygen atoms in total. The van der Waals surface area contributed by atoms with Crippen LogP contribution in [0.25, 0.3) is 0 Å². The normalized spacial score (nSPS) is 11.8. The smallest absolute Gasteiger partial charge is 0.416 e. The fourth-order valence-electron chi connectivity index (χ4n) is 3.45. The number of nitrogens with one attached hydrogen (secondary N) is 1. The molecule has 0 aliphatic heterocycles. The van der Waals surface area contributed by atoms with Gasteiger partial charge in [0.2, 0.25) is 5.89 Å². The molecule has 3 rings (SSSR count). The minimum absolute atomic E-state index is 0.167. The number of alkyl halides is 3. The molecule has 0 spiro atoms. The molecule has 0 fully saturated rings. The lowest BCUT2D eigenvalue weighted by molar-refractivity contribution is -0.137. The highest BCUT2D eigenvalue weighted by Gasteiger charge is 2.30. The van der Waals surface area contributed by atoms with E-state index in [1.54, 1.807) is 6.07 Å². The molecule has 0 atom stereocenters. The van der Waals surface area contributed by atoms with Gasteiger partial charge in [0.15, 0.2) is 5.69 Å². The Kier molecular flexibility index (Phi) is 8.92. The first-order valence-corrected chi connectivity index (χ1v) is 11.5. The van der Waals surface area contributed by atoms with Gasteiger partial charge >= 0.3 is 6.18 Å². The van der Waals surface area contributed by atoms with Crippen molar-refractivity contribution in [3.8, 4) is 5.75 Å². The summed E-state index contributed by atoms with van der Waals surface area (Å²) in [6.07, 6.45) is -3.12. The van der Waals surface area contributed by atoms with E-state index in [2.05, 4.69) is 10.3 Å². The fourth-order valence-corrected chi connectivity index (χ4v) is 3.45. The van der Waals surface area contributed by atoms with Crippen molar-refractivity contribution in [1.29, 1.82) is 0 Å². The van der Waals surface area contributed by atoms with Gasteiger partial charge < -0.3 is 14.5 Å². The maximum Gasteiger partial charge on any atom is 0.416 e. The van der Waals surface area contributed by atoms with Crippen LogP contribution in [0.15, 0.2) is 59.2 Å². The van der Waals surface area contributed by atoms with E-state index in [4.69, 9.17) is 9.15 Å². The van der Waals surface area contributed by atoms with Gasteiger partial charge in [0.1, 0.15) is 12.0 Å². The van der Waals surface area contributed by atoms with Gasteiger partial charge in [-0.1, -0.05) is 44.2 Å². The van der Waals surface area contributed by atoms with Crippen LogP contribution in [0.5, 0.6) is 5.75 Å². The lowest BCUT2D eigenvalue weighted by Crippen LogP contribution is -2.27. The van der Waals surface area contributed by atoms with Gasteiger partial charge in [-0.15, -0.1) is 0 Å². The monoisotopic (exact) mass is 489 g/mol. The van der Waals surface area contributed by atoms with Gasteiger partial charge in [-0.3, -0.25) is 9.69 Å². The average molecular weight is 490 g/mol. The summed E-state index contributed by atoms with van der Waals surface area (Å²) in [5.41, 5.74) is 0.922. The summed E-state index contributed by atoms with van der Waals surface area (Å²) < 4.78 is 50.6. The van der Waals surface area contributed by atoms with E-state index in [0.717, 1.165) is 23.4 Å². The molecule has 0 saturated carbocycles. The van der Waals surface area contributed by atoms with E-state index < -0.39 is 11.7 Å². The second-order valence-corrected chi connectivity index (χ2v) is 8.65. The Labute approximate surface area is 203 Å². The number of amides is 1. The van der Waals surface area contributed by atoms with Crippen LogP contribution >= 0.6 is 0 Å². The molecule has 1 heterocycles. The molecule has 188 valence electrons. The molecule has 0 aliphatic rings. The molecule has 1 N–H and O–H groups in total. The molecular formula is C26H30F3N3O3. The van der Waals surface area contributed by atoms with Crippen LogP contribution in [0.2, 0.25) is 0 Å². The SMILES string of the molecule is CCOc1ccc(CN(Cc2cccc(C(F)(F)F)c2)Cc2nc(C(=O)NCC(C)C)co2)cc1. The molecule has 9 heteroatoms. The fraction of sp³-hybridized carbons (Fsp3) is 0.385. The summed E-state index contributed by atoms with van der Waals surface area (Å²) in [5, 5.41) is 2.79. The molecule has 2 aromatic carbocycles. The molecule has 0 bridgehead atoms.